The number of aromatic nitrogens is 2. The maximum Gasteiger partial charge on any atom is 0.276 e. The molecule has 2 aromatic heterocycles. The summed E-state index contributed by atoms with van der Waals surface area (Å²) in [4.78, 5) is 30.2. The highest BCUT2D eigenvalue weighted by molar-refractivity contribution is 7.90. The molecule has 152 valence electrons. The molecule has 2 heterocycles. The zero-order valence-electron chi connectivity index (χ0n) is 16.2. The molecule has 0 unspecified atom stereocenters. The van der Waals surface area contributed by atoms with Crippen LogP contribution in [0.1, 0.15) is 23.1 Å². The van der Waals surface area contributed by atoms with Crippen LogP contribution in [0.4, 0.5) is 5.69 Å². The number of benzene rings is 1. The molecule has 0 aliphatic heterocycles. The number of carbonyl (C=O) groups is 2. The van der Waals surface area contributed by atoms with Gasteiger partial charge in [-0.1, -0.05) is 6.07 Å². The SMILES string of the molecule is CC(=O)NS(=O)(=O)c1ccc(NC(=O)c2nc3ccccn3c2CN(C)C)cc1. The lowest BCUT2D eigenvalue weighted by Crippen LogP contribution is -2.28. The minimum absolute atomic E-state index is 0.0771. The molecule has 0 aliphatic carbocycles. The number of imidazole rings is 1. The number of rotatable bonds is 6. The fourth-order valence-electron chi connectivity index (χ4n) is 2.83. The van der Waals surface area contributed by atoms with E-state index in [0.29, 0.717) is 23.6 Å². The molecule has 0 fully saturated rings. The third kappa shape index (κ3) is 4.61. The van der Waals surface area contributed by atoms with Crippen molar-refractivity contribution in [3.05, 3.63) is 60.0 Å². The zero-order valence-corrected chi connectivity index (χ0v) is 17.0. The molecule has 29 heavy (non-hydrogen) atoms. The van der Waals surface area contributed by atoms with Gasteiger partial charge in [0.1, 0.15) is 5.65 Å². The molecular weight excluding hydrogens is 394 g/mol. The van der Waals surface area contributed by atoms with Crippen molar-refractivity contribution in [1.29, 1.82) is 0 Å². The molecule has 3 aromatic rings. The van der Waals surface area contributed by atoms with Gasteiger partial charge in [-0.15, -0.1) is 0 Å². The molecule has 2 amide bonds. The Kier molecular flexibility index (Phi) is 5.66. The molecule has 0 aliphatic rings. The first-order valence-electron chi connectivity index (χ1n) is 8.73. The molecule has 0 atom stereocenters. The van der Waals surface area contributed by atoms with Crippen LogP contribution >= 0.6 is 0 Å². The summed E-state index contributed by atoms with van der Waals surface area (Å²) in [6.07, 6.45) is 1.85. The second kappa shape index (κ2) is 8.02. The van der Waals surface area contributed by atoms with Crippen LogP contribution in [-0.4, -0.2) is 48.6 Å². The van der Waals surface area contributed by atoms with E-state index in [1.165, 1.54) is 24.3 Å². The van der Waals surface area contributed by atoms with Crippen LogP contribution in [0.25, 0.3) is 5.65 Å². The summed E-state index contributed by atoms with van der Waals surface area (Å²) in [7, 11) is -0.126. The molecule has 2 N–H and O–H groups in total. The Bertz CT molecular complexity index is 1170. The summed E-state index contributed by atoms with van der Waals surface area (Å²) in [6.45, 7) is 1.63. The van der Waals surface area contributed by atoms with Crippen molar-refractivity contribution in [3.63, 3.8) is 0 Å². The Morgan fingerprint density at radius 2 is 1.79 bits per heavy atom. The number of hydrogen-bond donors (Lipinski definition) is 2. The van der Waals surface area contributed by atoms with Crippen LogP contribution < -0.4 is 10.0 Å². The number of sulfonamides is 1. The van der Waals surface area contributed by atoms with Gasteiger partial charge in [0.15, 0.2) is 5.69 Å². The first-order valence-corrected chi connectivity index (χ1v) is 10.2. The monoisotopic (exact) mass is 415 g/mol. The van der Waals surface area contributed by atoms with Crippen molar-refractivity contribution in [2.75, 3.05) is 19.4 Å². The van der Waals surface area contributed by atoms with Gasteiger partial charge in [0.05, 0.1) is 10.6 Å². The molecule has 1 aromatic carbocycles. The summed E-state index contributed by atoms with van der Waals surface area (Å²) in [5.41, 5.74) is 2.10. The minimum atomic E-state index is -3.93. The second-order valence-electron chi connectivity index (χ2n) is 6.71. The van der Waals surface area contributed by atoms with E-state index in [0.717, 1.165) is 12.6 Å². The molecule has 0 saturated heterocycles. The maximum atomic E-state index is 12.8. The van der Waals surface area contributed by atoms with E-state index in [9.17, 15) is 18.0 Å². The summed E-state index contributed by atoms with van der Waals surface area (Å²) in [5.74, 6) is -1.08. The van der Waals surface area contributed by atoms with Crippen LogP contribution in [0.2, 0.25) is 0 Å². The fraction of sp³-hybridized carbons (Fsp3) is 0.211. The molecule has 10 heteroatoms. The van der Waals surface area contributed by atoms with Crippen molar-refractivity contribution in [2.24, 2.45) is 0 Å². The Hall–Kier alpha value is -3.24. The highest BCUT2D eigenvalue weighted by atomic mass is 32.2. The van der Waals surface area contributed by atoms with Gasteiger partial charge in [0.25, 0.3) is 15.9 Å². The summed E-state index contributed by atoms with van der Waals surface area (Å²) >= 11 is 0. The van der Waals surface area contributed by atoms with E-state index in [-0.39, 0.29) is 4.90 Å². The maximum absolute atomic E-state index is 12.8. The normalized spacial score (nSPS) is 11.6. The van der Waals surface area contributed by atoms with E-state index >= 15 is 0 Å². The lowest BCUT2D eigenvalue weighted by molar-refractivity contribution is -0.117. The highest BCUT2D eigenvalue weighted by Gasteiger charge is 2.20. The van der Waals surface area contributed by atoms with E-state index in [1.54, 1.807) is 0 Å². The van der Waals surface area contributed by atoms with Gasteiger partial charge in [0.2, 0.25) is 5.91 Å². The molecule has 3 rings (SSSR count). The first kappa shape index (κ1) is 20.5. The third-order valence-electron chi connectivity index (χ3n) is 4.01. The average molecular weight is 415 g/mol. The lowest BCUT2D eigenvalue weighted by Gasteiger charge is -2.11. The predicted molar refractivity (Wildman–Crippen MR) is 108 cm³/mol. The van der Waals surface area contributed by atoms with E-state index in [4.69, 9.17) is 0 Å². The largest absolute Gasteiger partial charge is 0.321 e. The number of anilines is 1. The number of amides is 2. The molecule has 9 nitrogen and oxygen atoms in total. The van der Waals surface area contributed by atoms with Gasteiger partial charge in [-0.05, 0) is 50.5 Å². The van der Waals surface area contributed by atoms with Gasteiger partial charge in [-0.3, -0.25) is 9.59 Å². The van der Waals surface area contributed by atoms with Crippen molar-refractivity contribution in [1.82, 2.24) is 19.0 Å². The number of fused-ring (bicyclic) bond motifs is 1. The Labute approximate surface area is 168 Å². The number of nitrogens with zero attached hydrogens (tertiary/aromatic N) is 3. The van der Waals surface area contributed by atoms with E-state index in [2.05, 4.69) is 10.3 Å². The zero-order chi connectivity index (χ0) is 21.2. The van der Waals surface area contributed by atoms with Gasteiger partial charge in [-0.25, -0.2) is 18.1 Å². The van der Waals surface area contributed by atoms with Crippen LogP contribution in [-0.2, 0) is 21.4 Å². The van der Waals surface area contributed by atoms with Crippen molar-refractivity contribution < 1.29 is 18.0 Å². The van der Waals surface area contributed by atoms with Crippen molar-refractivity contribution >= 4 is 33.2 Å². The molecule has 0 bridgehead atoms. The smallest absolute Gasteiger partial charge is 0.276 e. The van der Waals surface area contributed by atoms with E-state index in [1.807, 2.05) is 52.5 Å². The topological polar surface area (TPSA) is 113 Å². The predicted octanol–water partition coefficient (Wildman–Crippen LogP) is 1.47. The van der Waals surface area contributed by atoms with Crippen LogP contribution in [0.5, 0.6) is 0 Å². The summed E-state index contributed by atoms with van der Waals surface area (Å²) in [5, 5.41) is 2.74. The lowest BCUT2D eigenvalue weighted by atomic mass is 10.2. The van der Waals surface area contributed by atoms with Gasteiger partial charge in [-0.2, -0.15) is 0 Å². The average Bonchev–Trinajstić information content (AvgIpc) is 2.99. The van der Waals surface area contributed by atoms with E-state index < -0.39 is 21.8 Å². The van der Waals surface area contributed by atoms with Gasteiger partial charge in [0, 0.05) is 25.4 Å². The Balaban J connectivity index is 1.86. The van der Waals surface area contributed by atoms with Gasteiger partial charge >= 0.3 is 0 Å². The number of hydrogen-bond acceptors (Lipinski definition) is 6. The van der Waals surface area contributed by atoms with Crippen molar-refractivity contribution in [3.8, 4) is 0 Å². The second-order valence-corrected chi connectivity index (χ2v) is 8.40. The number of carbonyl (C=O) groups excluding carboxylic acids is 2. The minimum Gasteiger partial charge on any atom is -0.321 e. The molecule has 0 spiro atoms. The van der Waals surface area contributed by atoms with Crippen LogP contribution in [0.3, 0.4) is 0 Å². The summed E-state index contributed by atoms with van der Waals surface area (Å²) < 4.78 is 27.8. The summed E-state index contributed by atoms with van der Waals surface area (Å²) in [6, 6.07) is 11.1. The fourth-order valence-corrected chi connectivity index (χ4v) is 3.83. The molecular formula is C19H21N5O4S. The quantitative estimate of drug-likeness (QED) is 0.630. The standard InChI is InChI=1S/C19H21N5O4S/c1-13(25)22-29(27,28)15-9-7-14(8-10-15)20-19(26)18-16(12-23(2)3)24-11-5-4-6-17(24)21-18/h4-11H,12H2,1-3H3,(H,20,26)(H,22,25). The van der Waals surface area contributed by atoms with Crippen molar-refractivity contribution in [2.45, 2.75) is 18.4 Å². The Morgan fingerprint density at radius 1 is 1.10 bits per heavy atom. The van der Waals surface area contributed by atoms with Crippen LogP contribution in [0, 0.1) is 0 Å². The molecule has 0 saturated carbocycles. The third-order valence-corrected chi connectivity index (χ3v) is 5.46. The number of nitrogens with one attached hydrogen (secondary N) is 2. The number of pyridine rings is 1. The first-order chi connectivity index (χ1) is 13.7. The van der Waals surface area contributed by atoms with Crippen LogP contribution in [0.15, 0.2) is 53.6 Å². The van der Waals surface area contributed by atoms with Gasteiger partial charge < -0.3 is 14.6 Å². The highest BCUT2D eigenvalue weighted by Crippen LogP contribution is 2.18. The Morgan fingerprint density at radius 3 is 2.41 bits per heavy atom. The molecule has 0 radical (unpaired) electrons.